The minimum absolute atomic E-state index is 0.162. The van der Waals surface area contributed by atoms with E-state index in [2.05, 4.69) is 24.1 Å². The van der Waals surface area contributed by atoms with E-state index in [-0.39, 0.29) is 5.91 Å². The molecule has 2 rings (SSSR count). The average molecular weight is 296 g/mol. The molecule has 1 saturated heterocycles. The molecule has 4 nitrogen and oxygen atoms in total. The van der Waals surface area contributed by atoms with Crippen LogP contribution < -0.4 is 5.32 Å². The molecule has 5 heteroatoms. The van der Waals surface area contributed by atoms with E-state index in [1.165, 1.54) is 0 Å². The summed E-state index contributed by atoms with van der Waals surface area (Å²) in [5, 5.41) is 4.17. The van der Waals surface area contributed by atoms with Crippen molar-refractivity contribution in [3.05, 3.63) is 22.8 Å². The fourth-order valence-corrected chi connectivity index (χ4v) is 2.85. The number of likely N-dealkylation sites (tertiary alicyclic amines) is 1. The summed E-state index contributed by atoms with van der Waals surface area (Å²) in [6, 6.07) is 2.41. The lowest BCUT2D eigenvalue weighted by Crippen LogP contribution is -2.41. The number of piperidine rings is 1. The Bertz CT molecular complexity index is 482. The van der Waals surface area contributed by atoms with Crippen LogP contribution in [-0.4, -0.2) is 34.9 Å². The molecule has 1 aliphatic rings. The first kappa shape index (κ1) is 15.1. The summed E-state index contributed by atoms with van der Waals surface area (Å²) < 4.78 is 0. The number of hydrogen-bond donors (Lipinski definition) is 1. The maximum atomic E-state index is 11.3. The number of anilines is 1. The van der Waals surface area contributed by atoms with Crippen LogP contribution in [0.5, 0.6) is 0 Å². The molecule has 0 atom stereocenters. The molecular weight excluding hydrogens is 274 g/mol. The lowest BCUT2D eigenvalue weighted by atomic mass is 10.0. The maximum absolute atomic E-state index is 11.3. The highest BCUT2D eigenvalue weighted by molar-refractivity contribution is 6.31. The topological polar surface area (TPSA) is 45.2 Å². The van der Waals surface area contributed by atoms with Crippen molar-refractivity contribution in [2.75, 3.05) is 18.4 Å². The third-order valence-electron chi connectivity index (χ3n) is 3.80. The summed E-state index contributed by atoms with van der Waals surface area (Å²) in [6.45, 7) is 7.51. The summed E-state index contributed by atoms with van der Waals surface area (Å²) in [4.78, 5) is 17.5. The average Bonchev–Trinajstić information content (AvgIpc) is 2.41. The highest BCUT2D eigenvalue weighted by atomic mass is 35.5. The van der Waals surface area contributed by atoms with Crippen LogP contribution in [-0.2, 0) is 4.79 Å². The maximum Gasteiger partial charge on any atom is 0.219 e. The molecule has 1 fully saturated rings. The Morgan fingerprint density at radius 1 is 1.45 bits per heavy atom. The van der Waals surface area contributed by atoms with Crippen molar-refractivity contribution in [3.63, 3.8) is 0 Å². The lowest BCUT2D eigenvalue weighted by Gasteiger charge is -2.32. The van der Waals surface area contributed by atoms with Crippen molar-refractivity contribution in [1.29, 1.82) is 0 Å². The van der Waals surface area contributed by atoms with Crippen molar-refractivity contribution in [3.8, 4) is 0 Å². The van der Waals surface area contributed by atoms with Gasteiger partial charge in [-0.05, 0) is 30.4 Å². The molecule has 2 heterocycles. The summed E-state index contributed by atoms with van der Waals surface area (Å²) in [5.74, 6) is 1.42. The molecule has 0 unspecified atom stereocenters. The summed E-state index contributed by atoms with van der Waals surface area (Å²) in [7, 11) is 0. The van der Waals surface area contributed by atoms with E-state index in [1.54, 1.807) is 13.1 Å². The Morgan fingerprint density at radius 2 is 2.10 bits per heavy atom. The summed E-state index contributed by atoms with van der Waals surface area (Å²) >= 11 is 6.15. The molecule has 0 saturated carbocycles. The summed E-state index contributed by atoms with van der Waals surface area (Å²) in [6.07, 6.45) is 3.63. The number of amides is 1. The first-order chi connectivity index (χ1) is 9.47. The quantitative estimate of drug-likeness (QED) is 0.931. The minimum Gasteiger partial charge on any atom is -0.367 e. The fourth-order valence-electron chi connectivity index (χ4n) is 2.52. The van der Waals surface area contributed by atoms with Gasteiger partial charge in [0.25, 0.3) is 0 Å². The third-order valence-corrected chi connectivity index (χ3v) is 4.12. The molecule has 0 aliphatic carbocycles. The summed E-state index contributed by atoms with van der Waals surface area (Å²) in [5.41, 5.74) is 1.12. The number of nitrogens with zero attached hydrogens (tertiary/aromatic N) is 2. The lowest BCUT2D eigenvalue weighted by molar-refractivity contribution is -0.129. The smallest absolute Gasteiger partial charge is 0.219 e. The zero-order chi connectivity index (χ0) is 14.7. The Balaban J connectivity index is 1.98. The number of halogens is 1. The zero-order valence-electron chi connectivity index (χ0n) is 12.3. The largest absolute Gasteiger partial charge is 0.367 e. The van der Waals surface area contributed by atoms with Crippen molar-refractivity contribution >= 4 is 23.3 Å². The predicted molar refractivity (Wildman–Crippen MR) is 82.2 cm³/mol. The molecule has 0 aromatic carbocycles. The number of hydrogen-bond acceptors (Lipinski definition) is 3. The standard InChI is InChI=1S/C15H22ClN3O/c1-10(2)13-8-15(17-9-14(13)16)18-12-4-6-19(7-5-12)11(3)20/h8-10,12H,4-7H2,1-3H3,(H,17,18). The number of pyridine rings is 1. The Labute approximate surface area is 125 Å². The van der Waals surface area contributed by atoms with Gasteiger partial charge in [-0.3, -0.25) is 4.79 Å². The normalized spacial score (nSPS) is 16.6. The van der Waals surface area contributed by atoms with Gasteiger partial charge in [-0.2, -0.15) is 0 Å². The van der Waals surface area contributed by atoms with Gasteiger partial charge >= 0.3 is 0 Å². The minimum atomic E-state index is 0.162. The Hall–Kier alpha value is -1.29. The fraction of sp³-hybridized carbons (Fsp3) is 0.600. The van der Waals surface area contributed by atoms with Crippen LogP contribution in [0.2, 0.25) is 5.02 Å². The van der Waals surface area contributed by atoms with Crippen molar-refractivity contribution in [2.45, 2.75) is 45.6 Å². The van der Waals surface area contributed by atoms with Crippen molar-refractivity contribution in [1.82, 2.24) is 9.88 Å². The van der Waals surface area contributed by atoms with Gasteiger partial charge in [0, 0.05) is 32.3 Å². The van der Waals surface area contributed by atoms with Crippen molar-refractivity contribution < 1.29 is 4.79 Å². The van der Waals surface area contributed by atoms with E-state index in [1.807, 2.05) is 11.0 Å². The van der Waals surface area contributed by atoms with E-state index in [0.29, 0.717) is 12.0 Å². The van der Waals surface area contributed by atoms with Gasteiger partial charge in [0.2, 0.25) is 5.91 Å². The molecule has 1 aliphatic heterocycles. The van der Waals surface area contributed by atoms with Crippen LogP contribution in [0.25, 0.3) is 0 Å². The van der Waals surface area contributed by atoms with Crippen molar-refractivity contribution in [2.24, 2.45) is 0 Å². The Kier molecular flexibility index (Phi) is 4.86. The first-order valence-corrected chi connectivity index (χ1v) is 7.52. The first-order valence-electron chi connectivity index (χ1n) is 7.15. The van der Waals surface area contributed by atoms with E-state index in [0.717, 1.165) is 42.3 Å². The van der Waals surface area contributed by atoms with E-state index >= 15 is 0 Å². The van der Waals surface area contributed by atoms with Crippen LogP contribution in [0.15, 0.2) is 12.3 Å². The van der Waals surface area contributed by atoms with E-state index in [4.69, 9.17) is 11.6 Å². The molecule has 0 bridgehead atoms. The van der Waals surface area contributed by atoms with Gasteiger partial charge in [-0.1, -0.05) is 25.4 Å². The van der Waals surface area contributed by atoms with Crippen LogP contribution in [0, 0.1) is 0 Å². The highest BCUT2D eigenvalue weighted by Gasteiger charge is 2.21. The van der Waals surface area contributed by atoms with E-state index < -0.39 is 0 Å². The van der Waals surface area contributed by atoms with E-state index in [9.17, 15) is 4.79 Å². The molecule has 0 radical (unpaired) electrons. The molecule has 1 aromatic heterocycles. The monoisotopic (exact) mass is 295 g/mol. The molecule has 110 valence electrons. The number of nitrogens with one attached hydrogen (secondary N) is 1. The van der Waals surface area contributed by atoms with Gasteiger partial charge in [-0.25, -0.2) is 4.98 Å². The number of carbonyl (C=O) groups excluding carboxylic acids is 1. The molecular formula is C15H22ClN3O. The zero-order valence-corrected chi connectivity index (χ0v) is 13.1. The highest BCUT2D eigenvalue weighted by Crippen LogP contribution is 2.26. The molecule has 20 heavy (non-hydrogen) atoms. The van der Waals surface area contributed by atoms with Gasteiger partial charge < -0.3 is 10.2 Å². The second-order valence-corrected chi connectivity index (χ2v) is 6.08. The SMILES string of the molecule is CC(=O)N1CCC(Nc2cc(C(C)C)c(Cl)cn2)CC1. The number of rotatable bonds is 3. The third kappa shape index (κ3) is 3.63. The predicted octanol–water partition coefficient (Wildman–Crippen LogP) is 3.28. The number of carbonyl (C=O) groups is 1. The van der Waals surface area contributed by atoms with Crippen LogP contribution >= 0.6 is 11.6 Å². The van der Waals surface area contributed by atoms with Gasteiger partial charge in [0.05, 0.1) is 5.02 Å². The second kappa shape index (κ2) is 6.44. The van der Waals surface area contributed by atoms with Crippen LogP contribution in [0.4, 0.5) is 5.82 Å². The van der Waals surface area contributed by atoms with Gasteiger partial charge in [0.15, 0.2) is 0 Å². The molecule has 1 aromatic rings. The number of aromatic nitrogens is 1. The van der Waals surface area contributed by atoms with Gasteiger partial charge in [0.1, 0.15) is 5.82 Å². The molecule has 1 N–H and O–H groups in total. The van der Waals surface area contributed by atoms with Crippen LogP contribution in [0.1, 0.15) is 45.1 Å². The molecule has 0 spiro atoms. The Morgan fingerprint density at radius 3 is 2.65 bits per heavy atom. The molecule has 1 amide bonds. The van der Waals surface area contributed by atoms with Crippen LogP contribution in [0.3, 0.4) is 0 Å². The van der Waals surface area contributed by atoms with Gasteiger partial charge in [-0.15, -0.1) is 0 Å². The second-order valence-electron chi connectivity index (χ2n) is 5.67.